The van der Waals surface area contributed by atoms with Crippen LogP contribution in [0.5, 0.6) is 0 Å². The molecule has 2 heterocycles. The number of nitrogens with zero attached hydrogens (tertiary/aromatic N) is 2. The van der Waals surface area contributed by atoms with Crippen LogP contribution in [-0.4, -0.2) is 67.4 Å². The van der Waals surface area contributed by atoms with E-state index in [0.29, 0.717) is 18.4 Å². The van der Waals surface area contributed by atoms with Gasteiger partial charge in [0.05, 0.1) is 6.54 Å². The second-order valence-electron chi connectivity index (χ2n) is 5.02. The summed E-state index contributed by atoms with van der Waals surface area (Å²) in [6.07, 6.45) is 2.52. The van der Waals surface area contributed by atoms with Gasteiger partial charge in [0, 0.05) is 38.8 Å². The Morgan fingerprint density at radius 1 is 1.31 bits per heavy atom. The smallest absolute Gasteiger partial charge is 0.143 e. The molecule has 1 atom stereocenters. The van der Waals surface area contributed by atoms with Crippen molar-refractivity contribution < 1.29 is 4.79 Å². The number of carbonyl (C=O) groups is 1. The summed E-state index contributed by atoms with van der Waals surface area (Å²) in [5.41, 5.74) is 0. The molecule has 1 N–H and O–H groups in total. The third-order valence-electron chi connectivity index (χ3n) is 3.60. The van der Waals surface area contributed by atoms with Crippen LogP contribution >= 0.6 is 0 Å². The van der Waals surface area contributed by atoms with Crippen LogP contribution in [0.4, 0.5) is 0 Å². The molecular formula is C12H23N3O. The largest absolute Gasteiger partial charge is 0.314 e. The first-order valence-electron chi connectivity index (χ1n) is 6.42. The number of rotatable bonds is 4. The molecule has 2 rings (SSSR count). The Hall–Kier alpha value is -0.450. The Morgan fingerprint density at radius 2 is 2.06 bits per heavy atom. The van der Waals surface area contributed by atoms with Crippen molar-refractivity contribution in [1.29, 1.82) is 0 Å². The van der Waals surface area contributed by atoms with Gasteiger partial charge in [-0.1, -0.05) is 0 Å². The van der Waals surface area contributed by atoms with Gasteiger partial charge in [-0.2, -0.15) is 0 Å². The minimum Gasteiger partial charge on any atom is -0.314 e. The fourth-order valence-corrected chi connectivity index (χ4v) is 2.79. The first kappa shape index (κ1) is 12.0. The van der Waals surface area contributed by atoms with Crippen molar-refractivity contribution in [2.45, 2.75) is 25.8 Å². The number of Topliss-reactive ketones (excluding diaryl/α,β-unsaturated/α-hetero) is 1. The molecule has 0 aromatic carbocycles. The number of hydrogen-bond donors (Lipinski definition) is 1. The van der Waals surface area contributed by atoms with E-state index in [1.807, 2.05) is 0 Å². The molecule has 1 unspecified atom stereocenters. The molecule has 0 bridgehead atoms. The summed E-state index contributed by atoms with van der Waals surface area (Å²) < 4.78 is 0. The quantitative estimate of drug-likeness (QED) is 0.727. The molecule has 2 aliphatic rings. The van der Waals surface area contributed by atoms with Gasteiger partial charge in [0.25, 0.3) is 0 Å². The fraction of sp³-hybridized carbons (Fsp3) is 0.917. The van der Waals surface area contributed by atoms with Crippen LogP contribution in [0.2, 0.25) is 0 Å². The molecular weight excluding hydrogens is 202 g/mol. The van der Waals surface area contributed by atoms with Crippen molar-refractivity contribution in [3.05, 3.63) is 0 Å². The fourth-order valence-electron chi connectivity index (χ4n) is 2.79. The monoisotopic (exact) mass is 225 g/mol. The number of ketones is 1. The number of piperazine rings is 1. The van der Waals surface area contributed by atoms with Crippen LogP contribution in [0.15, 0.2) is 0 Å². The van der Waals surface area contributed by atoms with E-state index in [4.69, 9.17) is 0 Å². The van der Waals surface area contributed by atoms with E-state index >= 15 is 0 Å². The molecule has 0 aromatic rings. The Kier molecular flexibility index (Phi) is 4.32. The van der Waals surface area contributed by atoms with Crippen LogP contribution in [-0.2, 0) is 4.79 Å². The van der Waals surface area contributed by atoms with Crippen molar-refractivity contribution >= 4 is 5.78 Å². The molecule has 2 aliphatic heterocycles. The SMILES string of the molecule is CC(=O)CN1CCCC1CN1CCNCC1. The van der Waals surface area contributed by atoms with Gasteiger partial charge < -0.3 is 5.32 Å². The zero-order valence-corrected chi connectivity index (χ0v) is 10.2. The van der Waals surface area contributed by atoms with Gasteiger partial charge in [0.1, 0.15) is 5.78 Å². The highest BCUT2D eigenvalue weighted by Gasteiger charge is 2.27. The molecule has 0 aliphatic carbocycles. The van der Waals surface area contributed by atoms with Gasteiger partial charge in [0.15, 0.2) is 0 Å². The van der Waals surface area contributed by atoms with Crippen molar-refractivity contribution in [3.8, 4) is 0 Å². The van der Waals surface area contributed by atoms with Crippen molar-refractivity contribution in [1.82, 2.24) is 15.1 Å². The predicted octanol–water partition coefficient (Wildman–Crippen LogP) is -0.0550. The normalized spacial score (nSPS) is 28.4. The molecule has 4 heteroatoms. The highest BCUT2D eigenvalue weighted by Crippen LogP contribution is 2.18. The lowest BCUT2D eigenvalue weighted by molar-refractivity contribution is -0.118. The summed E-state index contributed by atoms with van der Waals surface area (Å²) in [6, 6.07) is 0.613. The van der Waals surface area contributed by atoms with Crippen LogP contribution in [0, 0.1) is 0 Å². The summed E-state index contributed by atoms with van der Waals surface area (Å²) in [7, 11) is 0. The second-order valence-corrected chi connectivity index (χ2v) is 5.02. The van der Waals surface area contributed by atoms with Gasteiger partial charge in [-0.05, 0) is 26.3 Å². The van der Waals surface area contributed by atoms with E-state index in [1.165, 1.54) is 12.8 Å². The van der Waals surface area contributed by atoms with E-state index in [-0.39, 0.29) is 0 Å². The maximum Gasteiger partial charge on any atom is 0.143 e. The van der Waals surface area contributed by atoms with Gasteiger partial charge in [-0.3, -0.25) is 14.6 Å². The lowest BCUT2D eigenvalue weighted by Gasteiger charge is -2.32. The van der Waals surface area contributed by atoms with Crippen LogP contribution in [0.3, 0.4) is 0 Å². The summed E-state index contributed by atoms with van der Waals surface area (Å²) >= 11 is 0. The molecule has 0 amide bonds. The summed E-state index contributed by atoms with van der Waals surface area (Å²) in [4.78, 5) is 16.1. The van der Waals surface area contributed by atoms with Gasteiger partial charge in [-0.15, -0.1) is 0 Å². The first-order chi connectivity index (χ1) is 7.75. The third-order valence-corrected chi connectivity index (χ3v) is 3.60. The molecule has 0 aromatic heterocycles. The van der Waals surface area contributed by atoms with E-state index < -0.39 is 0 Å². The Labute approximate surface area is 98.0 Å². The topological polar surface area (TPSA) is 35.6 Å². The van der Waals surface area contributed by atoms with Crippen molar-refractivity contribution in [3.63, 3.8) is 0 Å². The van der Waals surface area contributed by atoms with Gasteiger partial charge in [0.2, 0.25) is 0 Å². The Morgan fingerprint density at radius 3 is 2.75 bits per heavy atom. The Bertz CT molecular complexity index is 238. The maximum atomic E-state index is 11.2. The number of nitrogens with one attached hydrogen (secondary N) is 1. The van der Waals surface area contributed by atoms with Gasteiger partial charge in [-0.25, -0.2) is 0 Å². The number of likely N-dealkylation sites (tertiary alicyclic amines) is 1. The average molecular weight is 225 g/mol. The van der Waals surface area contributed by atoms with E-state index in [2.05, 4.69) is 15.1 Å². The second kappa shape index (κ2) is 5.75. The average Bonchev–Trinajstić information content (AvgIpc) is 2.66. The zero-order valence-electron chi connectivity index (χ0n) is 10.2. The standard InChI is InChI=1S/C12H23N3O/c1-11(16)9-15-6-2-3-12(15)10-14-7-4-13-5-8-14/h12-13H,2-10H2,1H3. The minimum absolute atomic E-state index is 0.298. The highest BCUT2D eigenvalue weighted by molar-refractivity contribution is 5.77. The van der Waals surface area contributed by atoms with Crippen LogP contribution < -0.4 is 5.32 Å². The molecule has 92 valence electrons. The van der Waals surface area contributed by atoms with Crippen LogP contribution in [0.1, 0.15) is 19.8 Å². The molecule has 16 heavy (non-hydrogen) atoms. The molecule has 0 saturated carbocycles. The van der Waals surface area contributed by atoms with Crippen molar-refractivity contribution in [2.24, 2.45) is 0 Å². The van der Waals surface area contributed by atoms with E-state index in [0.717, 1.165) is 39.3 Å². The third kappa shape index (κ3) is 3.27. The van der Waals surface area contributed by atoms with Crippen molar-refractivity contribution in [2.75, 3.05) is 45.8 Å². The van der Waals surface area contributed by atoms with Gasteiger partial charge >= 0.3 is 0 Å². The molecule has 0 spiro atoms. The van der Waals surface area contributed by atoms with E-state index in [1.54, 1.807) is 6.92 Å². The summed E-state index contributed by atoms with van der Waals surface area (Å²) in [5.74, 6) is 0.298. The Balaban J connectivity index is 1.80. The molecule has 0 radical (unpaired) electrons. The highest BCUT2D eigenvalue weighted by atomic mass is 16.1. The summed E-state index contributed by atoms with van der Waals surface area (Å²) in [5, 5.41) is 3.37. The molecule has 4 nitrogen and oxygen atoms in total. The predicted molar refractivity (Wildman–Crippen MR) is 64.6 cm³/mol. The zero-order chi connectivity index (χ0) is 11.4. The number of carbonyl (C=O) groups excluding carboxylic acids is 1. The number of hydrogen-bond acceptors (Lipinski definition) is 4. The molecule has 2 saturated heterocycles. The first-order valence-corrected chi connectivity index (χ1v) is 6.42. The summed E-state index contributed by atoms with van der Waals surface area (Å²) in [6.45, 7) is 9.13. The lowest BCUT2D eigenvalue weighted by atomic mass is 10.2. The minimum atomic E-state index is 0.298. The lowest BCUT2D eigenvalue weighted by Crippen LogP contribution is -2.49. The maximum absolute atomic E-state index is 11.2. The molecule has 2 fully saturated rings. The van der Waals surface area contributed by atoms with E-state index in [9.17, 15) is 4.79 Å². The van der Waals surface area contributed by atoms with Crippen LogP contribution in [0.25, 0.3) is 0 Å².